The minimum absolute atomic E-state index is 0.0449. The highest BCUT2D eigenvalue weighted by molar-refractivity contribution is 7.90. The summed E-state index contributed by atoms with van der Waals surface area (Å²) in [7, 11) is -3.66. The Balaban J connectivity index is 2.42. The summed E-state index contributed by atoms with van der Waals surface area (Å²) in [6.45, 7) is 0.511. The molecule has 0 aromatic heterocycles. The maximum Gasteiger partial charge on any atom is 0.310 e. The van der Waals surface area contributed by atoms with Gasteiger partial charge in [0, 0.05) is 12.3 Å². The number of nitrogens with zero attached hydrogens (tertiary/aromatic N) is 1. The molecule has 1 fully saturated rings. The van der Waals surface area contributed by atoms with E-state index in [4.69, 9.17) is 5.73 Å². The molecular weight excluding hydrogens is 294 g/mol. The lowest BCUT2D eigenvalue weighted by Gasteiger charge is -2.21. The van der Waals surface area contributed by atoms with Gasteiger partial charge >= 0.3 is 5.69 Å². The lowest BCUT2D eigenvalue weighted by molar-refractivity contribution is -0.386. The fourth-order valence-electron chi connectivity index (χ4n) is 2.84. The highest BCUT2D eigenvalue weighted by Crippen LogP contribution is 2.35. The van der Waals surface area contributed by atoms with Gasteiger partial charge in [0.25, 0.3) is 0 Å². The maximum absolute atomic E-state index is 11.7. The molecule has 2 unspecified atom stereocenters. The highest BCUT2D eigenvalue weighted by atomic mass is 32.2. The van der Waals surface area contributed by atoms with Crippen molar-refractivity contribution in [3.63, 3.8) is 0 Å². The number of nitro groups is 1. The Labute approximate surface area is 123 Å². The number of rotatable bonds is 5. The molecule has 1 saturated carbocycles. The van der Waals surface area contributed by atoms with Crippen molar-refractivity contribution in [2.75, 3.05) is 18.1 Å². The molecule has 0 heterocycles. The van der Waals surface area contributed by atoms with E-state index in [0.717, 1.165) is 25.5 Å². The third-order valence-corrected chi connectivity index (χ3v) is 5.01. The fraction of sp³-hybridized carbons (Fsp3) is 0.538. The SMILES string of the molecule is CS(=O)(=O)c1cccc(NC2CCCC2CN)c1[N+](=O)[O-]. The van der Waals surface area contributed by atoms with Gasteiger partial charge in [0.05, 0.1) is 4.92 Å². The van der Waals surface area contributed by atoms with Crippen molar-refractivity contribution in [2.24, 2.45) is 11.7 Å². The molecule has 0 amide bonds. The summed E-state index contributed by atoms with van der Waals surface area (Å²) in [4.78, 5) is 10.4. The van der Waals surface area contributed by atoms with E-state index in [9.17, 15) is 18.5 Å². The number of benzene rings is 1. The zero-order chi connectivity index (χ0) is 15.6. The van der Waals surface area contributed by atoms with Gasteiger partial charge in [0.1, 0.15) is 10.6 Å². The number of hydrogen-bond acceptors (Lipinski definition) is 6. The summed E-state index contributed by atoms with van der Waals surface area (Å²) in [5.41, 5.74) is 5.56. The summed E-state index contributed by atoms with van der Waals surface area (Å²) >= 11 is 0. The third-order valence-electron chi connectivity index (χ3n) is 3.88. The van der Waals surface area contributed by atoms with Crippen molar-refractivity contribution in [3.8, 4) is 0 Å². The van der Waals surface area contributed by atoms with Gasteiger partial charge in [-0.15, -0.1) is 0 Å². The number of nitrogens with one attached hydrogen (secondary N) is 1. The third kappa shape index (κ3) is 3.33. The Bertz CT molecular complexity index is 645. The Morgan fingerprint density at radius 2 is 2.14 bits per heavy atom. The lowest BCUT2D eigenvalue weighted by atomic mass is 10.0. The molecule has 0 saturated heterocycles. The molecule has 1 aliphatic carbocycles. The molecule has 21 heavy (non-hydrogen) atoms. The fourth-order valence-corrected chi connectivity index (χ4v) is 3.70. The molecule has 7 nitrogen and oxygen atoms in total. The van der Waals surface area contributed by atoms with Crippen LogP contribution in [0.2, 0.25) is 0 Å². The zero-order valence-electron chi connectivity index (χ0n) is 11.8. The minimum atomic E-state index is -3.66. The van der Waals surface area contributed by atoms with Crippen molar-refractivity contribution in [2.45, 2.75) is 30.2 Å². The van der Waals surface area contributed by atoms with Crippen molar-refractivity contribution in [3.05, 3.63) is 28.3 Å². The predicted molar refractivity (Wildman–Crippen MR) is 80.0 cm³/mol. The number of nitro benzene ring substituents is 1. The van der Waals surface area contributed by atoms with Gasteiger partial charge < -0.3 is 11.1 Å². The van der Waals surface area contributed by atoms with Gasteiger partial charge in [-0.2, -0.15) is 0 Å². The first-order chi connectivity index (χ1) is 9.84. The van der Waals surface area contributed by atoms with Gasteiger partial charge in [0.15, 0.2) is 9.84 Å². The molecule has 2 atom stereocenters. The van der Waals surface area contributed by atoms with Gasteiger partial charge in [-0.25, -0.2) is 8.42 Å². The van der Waals surface area contributed by atoms with E-state index >= 15 is 0 Å². The van der Waals surface area contributed by atoms with E-state index in [1.165, 1.54) is 12.1 Å². The van der Waals surface area contributed by atoms with Crippen LogP contribution in [0.4, 0.5) is 11.4 Å². The van der Waals surface area contributed by atoms with Crippen LogP contribution in [0.15, 0.2) is 23.1 Å². The first-order valence-electron chi connectivity index (χ1n) is 6.78. The van der Waals surface area contributed by atoms with Gasteiger partial charge in [-0.1, -0.05) is 12.5 Å². The summed E-state index contributed by atoms with van der Waals surface area (Å²) in [5, 5.41) is 14.4. The maximum atomic E-state index is 11.7. The number of para-hydroxylation sites is 1. The van der Waals surface area contributed by atoms with E-state index in [1.807, 2.05) is 0 Å². The van der Waals surface area contributed by atoms with Crippen LogP contribution in [0.25, 0.3) is 0 Å². The predicted octanol–water partition coefficient (Wildman–Crippen LogP) is 1.54. The van der Waals surface area contributed by atoms with Crippen LogP contribution in [0.5, 0.6) is 0 Å². The molecule has 0 radical (unpaired) electrons. The van der Waals surface area contributed by atoms with Crippen LogP contribution >= 0.6 is 0 Å². The topological polar surface area (TPSA) is 115 Å². The second-order valence-corrected chi connectivity index (χ2v) is 7.34. The van der Waals surface area contributed by atoms with Crippen LogP contribution in [-0.4, -0.2) is 32.2 Å². The Morgan fingerprint density at radius 1 is 1.43 bits per heavy atom. The summed E-state index contributed by atoms with van der Waals surface area (Å²) < 4.78 is 23.4. The molecule has 116 valence electrons. The van der Waals surface area contributed by atoms with Crippen LogP contribution in [-0.2, 0) is 9.84 Å². The van der Waals surface area contributed by atoms with E-state index in [-0.39, 0.29) is 28.2 Å². The average molecular weight is 313 g/mol. The molecule has 0 aliphatic heterocycles. The van der Waals surface area contributed by atoms with Crippen LogP contribution < -0.4 is 11.1 Å². The molecular formula is C13H19N3O4S. The second kappa shape index (κ2) is 5.98. The van der Waals surface area contributed by atoms with Crippen molar-refractivity contribution < 1.29 is 13.3 Å². The molecule has 0 bridgehead atoms. The van der Waals surface area contributed by atoms with Crippen molar-refractivity contribution in [1.82, 2.24) is 0 Å². The van der Waals surface area contributed by atoms with E-state index in [2.05, 4.69) is 5.32 Å². The highest BCUT2D eigenvalue weighted by Gasteiger charge is 2.31. The van der Waals surface area contributed by atoms with E-state index in [1.54, 1.807) is 6.07 Å². The summed E-state index contributed by atoms with van der Waals surface area (Å²) in [6, 6.07) is 4.35. The lowest BCUT2D eigenvalue weighted by Crippen LogP contribution is -2.29. The van der Waals surface area contributed by atoms with E-state index in [0.29, 0.717) is 6.54 Å². The normalized spacial score (nSPS) is 22.2. The number of hydrogen-bond donors (Lipinski definition) is 2. The number of sulfone groups is 1. The smallest absolute Gasteiger partial charge is 0.310 e. The van der Waals surface area contributed by atoms with Crippen molar-refractivity contribution in [1.29, 1.82) is 0 Å². The van der Waals surface area contributed by atoms with Gasteiger partial charge in [-0.05, 0) is 37.4 Å². The first kappa shape index (κ1) is 15.7. The molecule has 3 N–H and O–H groups in total. The molecule has 0 spiro atoms. The summed E-state index contributed by atoms with van der Waals surface area (Å²) in [5.74, 6) is 0.256. The van der Waals surface area contributed by atoms with E-state index < -0.39 is 14.8 Å². The Hall–Kier alpha value is -1.67. The Kier molecular flexibility index (Phi) is 4.48. The standard InChI is InChI=1S/C13H19N3O4S/c1-21(19,20)12-7-3-6-11(13(12)16(17)18)15-10-5-2-4-9(10)8-14/h3,6-7,9-10,15H,2,4-5,8,14H2,1H3. The minimum Gasteiger partial charge on any atom is -0.376 e. The summed E-state index contributed by atoms with van der Waals surface area (Å²) in [6.07, 6.45) is 3.84. The molecule has 1 aromatic rings. The molecule has 1 aliphatic rings. The zero-order valence-corrected chi connectivity index (χ0v) is 12.6. The van der Waals surface area contributed by atoms with Crippen LogP contribution in [0.1, 0.15) is 19.3 Å². The largest absolute Gasteiger partial charge is 0.376 e. The van der Waals surface area contributed by atoms with Crippen molar-refractivity contribution >= 4 is 21.2 Å². The monoisotopic (exact) mass is 313 g/mol. The number of nitrogens with two attached hydrogens (primary N) is 1. The molecule has 1 aromatic carbocycles. The van der Waals surface area contributed by atoms with Crippen LogP contribution in [0.3, 0.4) is 0 Å². The quantitative estimate of drug-likeness (QED) is 0.629. The van der Waals surface area contributed by atoms with Gasteiger partial charge in [0.2, 0.25) is 0 Å². The second-order valence-electron chi connectivity index (χ2n) is 5.36. The Morgan fingerprint density at radius 3 is 2.71 bits per heavy atom. The van der Waals surface area contributed by atoms with Crippen LogP contribution in [0, 0.1) is 16.0 Å². The first-order valence-corrected chi connectivity index (χ1v) is 8.67. The van der Waals surface area contributed by atoms with Gasteiger partial charge in [-0.3, -0.25) is 10.1 Å². The molecule has 2 rings (SSSR count). The molecule has 8 heteroatoms. The average Bonchev–Trinajstić information content (AvgIpc) is 2.84. The number of anilines is 1.